The van der Waals surface area contributed by atoms with Crippen LogP contribution in [0.25, 0.3) is 0 Å². The molecule has 79 heavy (non-hydrogen) atoms. The van der Waals surface area contributed by atoms with Crippen LogP contribution in [-0.4, -0.2) is 179 Å². The van der Waals surface area contributed by atoms with Crippen LogP contribution in [-0.2, 0) is 134 Å². The number of hydrogen-bond donors (Lipinski definition) is 0. The summed E-state index contributed by atoms with van der Waals surface area (Å²) >= 11 is 0. The molecule has 2 aromatic rings. The van der Waals surface area contributed by atoms with Gasteiger partial charge in [-0.2, -0.15) is 19.6 Å². The Balaban J connectivity index is 1.69. The van der Waals surface area contributed by atoms with Gasteiger partial charge in [0.2, 0.25) is 0 Å². The third kappa shape index (κ3) is 18.7. The molecule has 3 heterocycles. The zero-order chi connectivity index (χ0) is 57.9. The van der Waals surface area contributed by atoms with Crippen molar-refractivity contribution in [3.05, 3.63) is 71.8 Å². The summed E-state index contributed by atoms with van der Waals surface area (Å²) in [6, 6.07) is 15.3. The quantitative estimate of drug-likeness (QED) is 0.0581. The summed E-state index contributed by atoms with van der Waals surface area (Å²) in [5.74, 6) is -10.6. The number of esters is 6. The number of ether oxygens (including phenoxy) is 12. The highest BCUT2D eigenvalue weighted by atomic mass is 17.3. The summed E-state index contributed by atoms with van der Waals surface area (Å²) < 4.78 is 71.5. The molecular weight excluding hydrogens is 1070 g/mol. The van der Waals surface area contributed by atoms with E-state index in [1.807, 2.05) is 0 Å². The van der Waals surface area contributed by atoms with Gasteiger partial charge < -0.3 is 56.8 Å². The maximum absolute atomic E-state index is 13.9. The van der Waals surface area contributed by atoms with Crippen LogP contribution >= 0.6 is 0 Å². The Kier molecular flexibility index (Phi) is 23.9. The molecule has 15 atom stereocenters. The minimum atomic E-state index is -2.27. The Bertz CT molecular complexity index is 2420. The smallest absolute Gasteiger partial charge is 0.339 e. The van der Waals surface area contributed by atoms with Crippen LogP contribution in [0.2, 0.25) is 0 Å². The number of rotatable bonds is 25. The highest BCUT2D eigenvalue weighted by Gasteiger charge is 2.59. The molecule has 5 rings (SSSR count). The molecule has 0 bridgehead atoms. The average Bonchev–Trinajstić information content (AvgIpc) is 3.60. The van der Waals surface area contributed by atoms with E-state index in [1.54, 1.807) is 36.4 Å². The average molecular weight is 1130 g/mol. The maximum atomic E-state index is 13.9. The second-order valence-corrected chi connectivity index (χ2v) is 17.1. The standard InChI is InChI=1S/C49H58O30/c1-23(50)61-20-33(64-24(2)51)36(72-49-44(79-76-30(8)57)41(78-75-29(7)56)38(77-74-28(6)55)35(68-49)22-63-73-27(5)54)39(65-25(3)52)43(66-26(4)53)48-62-21-34-37(71-48)40(69-45(58)31-16-12-10-13-17-31)42(47(60-9)67-34)70-46(59)32-18-14-11-15-19-32/h10-19,33-44,47-49H,20-22H2,1-9H3/t33-,34+,35+,36-,37+,38+,39+,40-,41-,42+,43-,44+,47-,48?,49+/m0/s1. The van der Waals surface area contributed by atoms with E-state index in [-0.39, 0.29) is 11.1 Å². The molecule has 0 radical (unpaired) electrons. The highest BCUT2D eigenvalue weighted by Crippen LogP contribution is 2.38. The predicted octanol–water partition coefficient (Wildman–Crippen LogP) is 1.10. The first-order chi connectivity index (χ1) is 37.6. The number of methoxy groups -OCH3 is 1. The monoisotopic (exact) mass is 1130 g/mol. The van der Waals surface area contributed by atoms with E-state index in [9.17, 15) is 47.9 Å². The molecule has 30 nitrogen and oxygen atoms in total. The summed E-state index contributed by atoms with van der Waals surface area (Å²) in [6.45, 7) is 4.94. The molecule has 3 fully saturated rings. The lowest BCUT2D eigenvalue weighted by Crippen LogP contribution is -2.68. The predicted molar refractivity (Wildman–Crippen MR) is 246 cm³/mol. The lowest BCUT2D eigenvalue weighted by molar-refractivity contribution is -0.462. The Hall–Kier alpha value is -7.26. The molecule has 0 amide bonds. The minimum Gasteiger partial charge on any atom is -0.462 e. The number of carbonyl (C=O) groups is 10. The fourth-order valence-corrected chi connectivity index (χ4v) is 7.84. The first kappa shape index (κ1) is 62.6. The van der Waals surface area contributed by atoms with Crippen molar-refractivity contribution in [1.29, 1.82) is 0 Å². The second kappa shape index (κ2) is 30.2. The van der Waals surface area contributed by atoms with E-state index < -0.39 is 172 Å². The van der Waals surface area contributed by atoms with Crippen molar-refractivity contribution in [3.8, 4) is 0 Å². The Morgan fingerprint density at radius 2 is 1.04 bits per heavy atom. The van der Waals surface area contributed by atoms with Gasteiger partial charge in [0.1, 0.15) is 37.6 Å². The van der Waals surface area contributed by atoms with Crippen molar-refractivity contribution >= 4 is 59.7 Å². The molecular formula is C49H58O30. The van der Waals surface area contributed by atoms with Gasteiger partial charge in [0.05, 0.1) is 17.7 Å². The van der Waals surface area contributed by atoms with Crippen molar-refractivity contribution in [2.45, 2.75) is 148 Å². The fraction of sp³-hybridized carbons (Fsp3) is 0.551. The van der Waals surface area contributed by atoms with Crippen LogP contribution in [0.15, 0.2) is 60.7 Å². The molecule has 3 saturated heterocycles. The molecule has 3 aliphatic rings. The van der Waals surface area contributed by atoms with Gasteiger partial charge in [-0.15, -0.1) is 0 Å². The normalized spacial score (nSPS) is 25.9. The van der Waals surface area contributed by atoms with Crippen molar-refractivity contribution in [1.82, 2.24) is 0 Å². The van der Waals surface area contributed by atoms with E-state index in [0.29, 0.717) is 0 Å². The summed E-state index contributed by atoms with van der Waals surface area (Å²) in [4.78, 5) is 168. The zero-order valence-electron chi connectivity index (χ0n) is 43.8. The number of carbonyl (C=O) groups excluding carboxylic acids is 10. The van der Waals surface area contributed by atoms with Crippen LogP contribution in [0.4, 0.5) is 0 Å². The molecule has 0 N–H and O–H groups in total. The zero-order valence-corrected chi connectivity index (χ0v) is 43.8. The van der Waals surface area contributed by atoms with Crippen LogP contribution in [0.3, 0.4) is 0 Å². The molecule has 30 heteroatoms. The van der Waals surface area contributed by atoms with Crippen LogP contribution in [0, 0.1) is 0 Å². The second-order valence-electron chi connectivity index (χ2n) is 17.1. The van der Waals surface area contributed by atoms with Gasteiger partial charge in [-0.05, 0) is 24.3 Å². The summed E-state index contributed by atoms with van der Waals surface area (Å²) in [7, 11) is 1.22. The van der Waals surface area contributed by atoms with Gasteiger partial charge in [-0.3, -0.25) is 38.7 Å². The molecule has 434 valence electrons. The Labute approximate surface area is 449 Å². The van der Waals surface area contributed by atoms with Gasteiger partial charge in [0, 0.05) is 62.5 Å². The molecule has 0 saturated carbocycles. The van der Waals surface area contributed by atoms with Gasteiger partial charge in [0.25, 0.3) is 0 Å². The SMILES string of the molecule is CO[C@H]1O[C@@H]2COC([C@@H](OC(C)=O)[C@H](OC(C)=O)[C@@H](O[C@H]3O[C@H](COOC(C)=O)[C@@H](OOC(C)=O)[C@H](OOC(C)=O)[C@H]3OOC(C)=O)[C@H](COC(C)=O)OC(C)=O)O[C@H]2[C@H](OC(=O)c2ccccc2)[C@H]1OC(=O)c1ccccc1. The minimum absolute atomic E-state index is 0.0408. The molecule has 0 spiro atoms. The third-order valence-corrected chi connectivity index (χ3v) is 10.8. The van der Waals surface area contributed by atoms with E-state index in [2.05, 4.69) is 4.89 Å². The third-order valence-electron chi connectivity index (χ3n) is 10.8. The fourth-order valence-electron chi connectivity index (χ4n) is 7.84. The topological polar surface area (TPSA) is 355 Å². The van der Waals surface area contributed by atoms with Gasteiger partial charge in [-0.25, -0.2) is 28.8 Å². The first-order valence-corrected chi connectivity index (χ1v) is 23.8. The van der Waals surface area contributed by atoms with E-state index in [1.165, 1.54) is 31.4 Å². The van der Waals surface area contributed by atoms with Crippen LogP contribution in [0.1, 0.15) is 76.1 Å². The molecule has 2 aromatic carbocycles. The van der Waals surface area contributed by atoms with Gasteiger partial charge >= 0.3 is 59.7 Å². The summed E-state index contributed by atoms with van der Waals surface area (Å²) in [5.41, 5.74) is 0.112. The molecule has 0 aliphatic carbocycles. The van der Waals surface area contributed by atoms with Crippen molar-refractivity contribution in [2.75, 3.05) is 26.9 Å². The molecule has 0 aromatic heterocycles. The van der Waals surface area contributed by atoms with Crippen molar-refractivity contribution < 1.29 is 144 Å². The molecule has 1 unspecified atom stereocenters. The summed E-state index contributed by atoms with van der Waals surface area (Å²) in [6.07, 6.45) is -28.4. The largest absolute Gasteiger partial charge is 0.462 e. The van der Waals surface area contributed by atoms with Crippen LogP contribution in [0.5, 0.6) is 0 Å². The van der Waals surface area contributed by atoms with Crippen LogP contribution < -0.4 is 0 Å². The van der Waals surface area contributed by atoms with Gasteiger partial charge in [-0.1, -0.05) is 36.4 Å². The van der Waals surface area contributed by atoms with Gasteiger partial charge in [0.15, 0.2) is 67.7 Å². The summed E-state index contributed by atoms with van der Waals surface area (Å²) in [5, 5.41) is 0. The first-order valence-electron chi connectivity index (χ1n) is 23.8. The lowest BCUT2D eigenvalue weighted by Gasteiger charge is -2.49. The Morgan fingerprint density at radius 1 is 0.519 bits per heavy atom. The maximum Gasteiger partial charge on any atom is 0.339 e. The van der Waals surface area contributed by atoms with Crippen molar-refractivity contribution in [3.63, 3.8) is 0 Å². The number of fused-ring (bicyclic) bond motifs is 1. The number of hydrogen-bond acceptors (Lipinski definition) is 30. The molecule has 3 aliphatic heterocycles. The Morgan fingerprint density at radius 3 is 1.54 bits per heavy atom. The van der Waals surface area contributed by atoms with E-state index >= 15 is 0 Å². The lowest BCUT2D eigenvalue weighted by atomic mass is 9.95. The highest BCUT2D eigenvalue weighted by molar-refractivity contribution is 5.90. The van der Waals surface area contributed by atoms with Crippen molar-refractivity contribution in [2.24, 2.45) is 0 Å². The number of benzene rings is 2. The van der Waals surface area contributed by atoms with E-state index in [0.717, 1.165) is 55.4 Å². The van der Waals surface area contributed by atoms with E-state index in [4.69, 9.17) is 91.1 Å².